The van der Waals surface area contributed by atoms with Crippen LogP contribution in [-0.2, 0) is 36.6 Å². The average molecular weight is 773 g/mol. The van der Waals surface area contributed by atoms with Crippen LogP contribution in [-0.4, -0.2) is 95.4 Å². The smallest absolute Gasteiger partial charge is 0.407 e. The molecule has 3 aliphatic heterocycles. The summed E-state index contributed by atoms with van der Waals surface area (Å²) in [5.41, 5.74) is 8.74. The van der Waals surface area contributed by atoms with Crippen molar-refractivity contribution in [3.8, 4) is 33.6 Å². The predicted molar refractivity (Wildman–Crippen MR) is 210 cm³/mol. The van der Waals surface area contributed by atoms with Crippen molar-refractivity contribution < 1.29 is 33.4 Å². The molecule has 57 heavy (non-hydrogen) atoms. The molecule has 4 N–H and O–H groups in total. The number of anilines is 1. The lowest BCUT2D eigenvalue weighted by atomic mass is 10.0. The number of hydrogen-bond acceptors (Lipinski definition) is 9. The molecule has 294 valence electrons. The van der Waals surface area contributed by atoms with E-state index in [-0.39, 0.29) is 30.5 Å². The van der Waals surface area contributed by atoms with Gasteiger partial charge in [0.05, 0.1) is 62.4 Å². The first-order valence-electron chi connectivity index (χ1n) is 19.0. The maximum Gasteiger partial charge on any atom is 0.407 e. The van der Waals surface area contributed by atoms with E-state index in [1.54, 1.807) is 22.2 Å². The van der Waals surface area contributed by atoms with E-state index in [2.05, 4.69) is 55.9 Å². The van der Waals surface area contributed by atoms with Gasteiger partial charge in [0.15, 0.2) is 0 Å². The van der Waals surface area contributed by atoms with Crippen LogP contribution in [0.5, 0.6) is 0 Å². The molecule has 8 rings (SSSR count). The van der Waals surface area contributed by atoms with Crippen molar-refractivity contribution in [1.82, 2.24) is 35.5 Å². The molecule has 2 aromatic heterocycles. The van der Waals surface area contributed by atoms with Crippen LogP contribution in [0.2, 0.25) is 0 Å². The Balaban J connectivity index is 0.948. The van der Waals surface area contributed by atoms with Gasteiger partial charge in [0, 0.05) is 20.1 Å². The van der Waals surface area contributed by atoms with Gasteiger partial charge in [-0.2, -0.15) is 0 Å². The molecule has 4 amide bonds. The minimum Gasteiger partial charge on any atom is -0.453 e. The zero-order chi connectivity index (χ0) is 39.6. The molecular formula is C42H44N8O7. The second kappa shape index (κ2) is 15.9. The average Bonchev–Trinajstić information content (AvgIpc) is 4.07. The van der Waals surface area contributed by atoms with E-state index in [9.17, 15) is 19.2 Å². The first kappa shape index (κ1) is 37.4. The molecule has 0 bridgehead atoms. The van der Waals surface area contributed by atoms with Crippen LogP contribution in [0.4, 0.5) is 15.3 Å². The fourth-order valence-corrected chi connectivity index (χ4v) is 8.23. The standard InChI is InChI=1S/C42H44N8O7/c1-55-23-33(48-42(54)57-3)39(51)49-19-5-8-34(49)37-43-21-31(45-37)26-13-9-24(10-14-26)25-11-15-27(16-12-25)32-22-44-38(46-32)35-20-29-7-4-6-28-17-18-30(47-41(53)56-2)40(52)50(35)36(28)29/h4,6-7,9-16,21-22,30,33-35H,5,8,17-20,23H2,1-3H3,(H,43,45)(H,44,46)(H,47,53)(H,48,54)/t30-,33-,34-,35-/m0/s1. The third kappa shape index (κ3) is 7.33. The van der Waals surface area contributed by atoms with Crippen molar-refractivity contribution in [2.75, 3.05) is 39.4 Å². The number of nitrogens with zero attached hydrogens (tertiary/aromatic N) is 4. The van der Waals surface area contributed by atoms with Gasteiger partial charge in [-0.05, 0) is 59.1 Å². The number of likely N-dealkylation sites (tertiary alicyclic amines) is 1. The zero-order valence-corrected chi connectivity index (χ0v) is 31.9. The lowest BCUT2D eigenvalue weighted by Crippen LogP contribution is -2.50. The van der Waals surface area contributed by atoms with E-state index >= 15 is 0 Å². The second-order valence-electron chi connectivity index (χ2n) is 14.4. The van der Waals surface area contributed by atoms with E-state index in [0.29, 0.717) is 37.5 Å². The van der Waals surface area contributed by atoms with Crippen molar-refractivity contribution in [3.63, 3.8) is 0 Å². The third-order valence-electron chi connectivity index (χ3n) is 11.1. The number of H-pyrrole nitrogens is 2. The number of imidazole rings is 2. The number of ether oxygens (including phenoxy) is 3. The highest BCUT2D eigenvalue weighted by molar-refractivity contribution is 6.02. The normalized spacial score (nSPS) is 19.1. The Hall–Kier alpha value is -6.48. The number of aromatic nitrogens is 4. The summed E-state index contributed by atoms with van der Waals surface area (Å²) in [5, 5.41) is 5.30. The molecule has 0 radical (unpaired) electrons. The number of amides is 4. The van der Waals surface area contributed by atoms with Crippen LogP contribution in [0, 0.1) is 0 Å². The molecule has 4 atom stereocenters. The fraction of sp³-hybridized carbons (Fsp3) is 0.333. The highest BCUT2D eigenvalue weighted by atomic mass is 16.5. The molecule has 0 aliphatic carbocycles. The number of hydrogen-bond donors (Lipinski definition) is 4. The fourth-order valence-electron chi connectivity index (χ4n) is 8.23. The Morgan fingerprint density at radius 2 is 1.39 bits per heavy atom. The molecule has 1 saturated heterocycles. The number of nitrogens with one attached hydrogen (secondary N) is 4. The minimum absolute atomic E-state index is 0.0267. The Bertz CT molecular complexity index is 2290. The molecule has 0 spiro atoms. The van der Waals surface area contributed by atoms with Crippen molar-refractivity contribution in [1.29, 1.82) is 0 Å². The summed E-state index contributed by atoms with van der Waals surface area (Å²) in [6.07, 6.45) is 5.57. The molecule has 0 saturated carbocycles. The number of methoxy groups -OCH3 is 3. The van der Waals surface area contributed by atoms with Crippen molar-refractivity contribution in [3.05, 3.63) is 102 Å². The molecule has 15 nitrogen and oxygen atoms in total. The third-order valence-corrected chi connectivity index (χ3v) is 11.1. The summed E-state index contributed by atoms with van der Waals surface area (Å²) >= 11 is 0. The SMILES string of the molecule is COC[C@H](NC(=O)OC)C(=O)N1CCC[C@H]1c1ncc(-c2ccc(-c3ccc(-c4cnc([C@@H]5Cc6cccc7c6N5C(=O)[C@@H](NC(=O)OC)CC7)[nH]4)cc3)cc2)[nH]1. The van der Waals surface area contributed by atoms with E-state index < -0.39 is 24.3 Å². The van der Waals surface area contributed by atoms with E-state index in [1.165, 1.54) is 21.3 Å². The van der Waals surface area contributed by atoms with Crippen LogP contribution in [0.15, 0.2) is 79.1 Å². The first-order valence-corrected chi connectivity index (χ1v) is 19.0. The van der Waals surface area contributed by atoms with Gasteiger partial charge in [-0.1, -0.05) is 66.7 Å². The monoisotopic (exact) mass is 772 g/mol. The summed E-state index contributed by atoms with van der Waals surface area (Å²) < 4.78 is 14.7. The Kier molecular flexibility index (Phi) is 10.5. The molecule has 3 aromatic carbocycles. The van der Waals surface area contributed by atoms with E-state index in [4.69, 9.17) is 19.2 Å². The van der Waals surface area contributed by atoms with E-state index in [1.807, 2.05) is 36.4 Å². The van der Waals surface area contributed by atoms with E-state index in [0.717, 1.165) is 63.3 Å². The number of alkyl carbamates (subject to hydrolysis) is 2. The summed E-state index contributed by atoms with van der Waals surface area (Å²) in [6, 6.07) is 20.4. The van der Waals surface area contributed by atoms with Crippen molar-refractivity contribution in [2.45, 2.75) is 56.3 Å². The Morgan fingerprint density at radius 1 is 0.789 bits per heavy atom. The number of aryl methyl sites for hydroxylation is 1. The highest BCUT2D eigenvalue weighted by Crippen LogP contribution is 2.44. The summed E-state index contributed by atoms with van der Waals surface area (Å²) in [5.74, 6) is 0.944. The maximum atomic E-state index is 13.9. The van der Waals surface area contributed by atoms with Gasteiger partial charge in [-0.3, -0.25) is 14.5 Å². The molecule has 0 unspecified atom stereocenters. The summed E-state index contributed by atoms with van der Waals surface area (Å²) in [6.45, 7) is 0.574. The first-order chi connectivity index (χ1) is 27.8. The molecule has 3 aliphatic rings. The predicted octanol–water partition coefficient (Wildman–Crippen LogP) is 5.47. The van der Waals surface area contributed by atoms with Gasteiger partial charge in [-0.15, -0.1) is 0 Å². The van der Waals surface area contributed by atoms with Crippen LogP contribution in [0.1, 0.15) is 54.1 Å². The number of carbonyl (C=O) groups excluding carboxylic acids is 4. The molecular weight excluding hydrogens is 729 g/mol. The lowest BCUT2D eigenvalue weighted by molar-refractivity contribution is -0.135. The van der Waals surface area contributed by atoms with Gasteiger partial charge in [0.25, 0.3) is 0 Å². The lowest BCUT2D eigenvalue weighted by Gasteiger charge is -2.27. The Morgan fingerprint density at radius 3 is 2.00 bits per heavy atom. The van der Waals surface area contributed by atoms with Gasteiger partial charge < -0.3 is 39.7 Å². The number of aromatic amines is 2. The quantitative estimate of drug-likeness (QED) is 0.143. The molecule has 5 aromatic rings. The number of carbonyl (C=O) groups is 4. The van der Waals surface area contributed by atoms with Gasteiger partial charge >= 0.3 is 12.2 Å². The molecule has 5 heterocycles. The second-order valence-corrected chi connectivity index (χ2v) is 14.4. The highest BCUT2D eigenvalue weighted by Gasteiger charge is 2.43. The van der Waals surface area contributed by atoms with Crippen molar-refractivity contribution in [2.24, 2.45) is 0 Å². The van der Waals surface area contributed by atoms with Gasteiger partial charge in [-0.25, -0.2) is 19.6 Å². The van der Waals surface area contributed by atoms with Crippen molar-refractivity contribution >= 4 is 29.7 Å². The molecule has 15 heteroatoms. The van der Waals surface area contributed by atoms with Crippen LogP contribution in [0.3, 0.4) is 0 Å². The van der Waals surface area contributed by atoms with Crippen LogP contribution < -0.4 is 15.5 Å². The summed E-state index contributed by atoms with van der Waals surface area (Å²) in [7, 11) is 4.02. The largest absolute Gasteiger partial charge is 0.453 e. The van der Waals surface area contributed by atoms with Gasteiger partial charge in [0.2, 0.25) is 11.8 Å². The summed E-state index contributed by atoms with van der Waals surface area (Å²) in [4.78, 5) is 71.1. The number of para-hydroxylation sites is 1. The topological polar surface area (TPSA) is 184 Å². The zero-order valence-electron chi connectivity index (χ0n) is 31.9. The maximum absolute atomic E-state index is 13.9. The van der Waals surface area contributed by atoms with Gasteiger partial charge in [0.1, 0.15) is 23.7 Å². The Labute approximate surface area is 329 Å². The number of benzene rings is 3. The minimum atomic E-state index is -0.867. The van der Waals surface area contributed by atoms with Crippen LogP contribution >= 0.6 is 0 Å². The van der Waals surface area contributed by atoms with Crippen LogP contribution in [0.25, 0.3) is 33.6 Å². The number of rotatable bonds is 10. The molecule has 1 fully saturated rings.